The molecule has 8 atom stereocenters. The molecule has 4 nitrogen and oxygen atoms in total. The summed E-state index contributed by atoms with van der Waals surface area (Å²) in [5, 5.41) is 10.9. The molecular weight excluding hydrogens is 399 g/mol. The molecule has 0 saturated heterocycles. The van der Waals surface area contributed by atoms with Crippen molar-refractivity contribution < 1.29 is 49.0 Å². The Morgan fingerprint density at radius 3 is 2.48 bits per heavy atom. The maximum atomic E-state index is 12.6. The number of carboxylic acids is 1. The second-order valence-electron chi connectivity index (χ2n) is 10.2. The third kappa shape index (κ3) is 8.37. The number of carboxylic acid groups (broad SMARTS) is 1. The molecule has 0 N–H and O–H groups in total. The molecule has 170 valence electrons. The second kappa shape index (κ2) is 13.2. The van der Waals surface area contributed by atoms with E-state index in [-0.39, 0.29) is 65.8 Å². The summed E-state index contributed by atoms with van der Waals surface area (Å²) in [6.45, 7) is 12.7. The third-order valence-corrected chi connectivity index (χ3v) is 7.19. The number of ether oxygens (including phenoxy) is 1. The molecule has 2 aliphatic rings. The smallest absolute Gasteiger partial charge is 0.550 e. The number of carbonyl (C=O) groups is 2. The van der Waals surface area contributed by atoms with Gasteiger partial charge in [0.05, 0.1) is 5.92 Å². The van der Waals surface area contributed by atoms with Crippen molar-refractivity contribution in [2.75, 3.05) is 0 Å². The zero-order valence-electron chi connectivity index (χ0n) is 20.7. The number of aliphatic carboxylic acids is 1. The Morgan fingerprint density at radius 1 is 1.19 bits per heavy atom. The second-order valence-corrected chi connectivity index (χ2v) is 10.2. The molecule has 0 aromatic carbocycles. The van der Waals surface area contributed by atoms with E-state index in [0.29, 0.717) is 23.7 Å². The summed E-state index contributed by atoms with van der Waals surface area (Å²) in [6, 6.07) is 0. The monoisotopic (exact) mass is 440 g/mol. The fraction of sp³-hybridized carbons (Fsp3) is 0.769. The van der Waals surface area contributed by atoms with E-state index in [9.17, 15) is 14.7 Å². The number of hydrogen-bond donors (Lipinski definition) is 0. The van der Waals surface area contributed by atoms with Crippen LogP contribution in [0.1, 0.15) is 80.1 Å². The molecule has 0 saturated carbocycles. The van der Waals surface area contributed by atoms with Crippen molar-refractivity contribution in [3.8, 4) is 0 Å². The fourth-order valence-corrected chi connectivity index (χ4v) is 5.30. The van der Waals surface area contributed by atoms with E-state index < -0.39 is 5.97 Å². The summed E-state index contributed by atoms with van der Waals surface area (Å²) in [7, 11) is 0. The van der Waals surface area contributed by atoms with Gasteiger partial charge in [-0.2, -0.15) is 0 Å². The van der Waals surface area contributed by atoms with Crippen LogP contribution in [0.15, 0.2) is 23.8 Å². The van der Waals surface area contributed by atoms with Crippen LogP contribution in [-0.2, 0) is 14.3 Å². The summed E-state index contributed by atoms with van der Waals surface area (Å²) in [5.74, 6) is 1.09. The Labute approximate surface area is 211 Å². The standard InChI is InChI=1S/C26H42O4.Na/c1-7-19(5)26(29)30-23-14-18(4)13-21-10-9-20(6)22(25(21)23)11-8-16(2)12-17(3)15-24(27)28;/h9-10,13,16-20,22-23,25H,7-8,11-12,14-15H2,1-6H3,(H,27,28);/q;+1/p-1. The number of allylic oxidation sites excluding steroid dienone is 3. The van der Waals surface area contributed by atoms with Crippen LogP contribution in [0.4, 0.5) is 0 Å². The average molecular weight is 441 g/mol. The molecule has 0 spiro atoms. The Balaban J connectivity index is 0.00000480. The molecule has 2 aliphatic carbocycles. The van der Waals surface area contributed by atoms with E-state index in [0.717, 1.165) is 32.1 Å². The van der Waals surface area contributed by atoms with Gasteiger partial charge in [0.15, 0.2) is 0 Å². The fourth-order valence-electron chi connectivity index (χ4n) is 5.30. The molecule has 0 heterocycles. The minimum absolute atomic E-state index is 0. The van der Waals surface area contributed by atoms with Gasteiger partial charge in [-0.25, -0.2) is 0 Å². The Hall–Kier alpha value is -0.580. The van der Waals surface area contributed by atoms with Gasteiger partial charge in [-0.05, 0) is 67.3 Å². The number of esters is 1. The van der Waals surface area contributed by atoms with Crippen LogP contribution in [0, 0.1) is 41.4 Å². The van der Waals surface area contributed by atoms with E-state index in [4.69, 9.17) is 4.74 Å². The summed E-state index contributed by atoms with van der Waals surface area (Å²) in [6.07, 6.45) is 11.7. The van der Waals surface area contributed by atoms with Crippen LogP contribution >= 0.6 is 0 Å². The van der Waals surface area contributed by atoms with Gasteiger partial charge in [-0.1, -0.05) is 66.2 Å². The zero-order valence-corrected chi connectivity index (χ0v) is 22.7. The summed E-state index contributed by atoms with van der Waals surface area (Å²) >= 11 is 0. The first-order chi connectivity index (χ1) is 14.1. The SMILES string of the molecule is CCC(C)C(=O)OC1CC(C)C=C2C=CC(C)C(CCC(C)CC(C)CC(=O)[O-])C21.[Na+]. The van der Waals surface area contributed by atoms with Gasteiger partial charge in [0.1, 0.15) is 6.10 Å². The maximum absolute atomic E-state index is 12.6. The van der Waals surface area contributed by atoms with Gasteiger partial charge in [-0.3, -0.25) is 4.79 Å². The number of fused-ring (bicyclic) bond motifs is 1. The van der Waals surface area contributed by atoms with Crippen molar-refractivity contribution in [1.82, 2.24) is 0 Å². The quantitative estimate of drug-likeness (QED) is 0.385. The number of carbonyl (C=O) groups excluding carboxylic acids is 2. The molecule has 0 aromatic heterocycles. The van der Waals surface area contributed by atoms with E-state index in [2.05, 4.69) is 39.0 Å². The van der Waals surface area contributed by atoms with Crippen molar-refractivity contribution in [3.05, 3.63) is 23.8 Å². The minimum Gasteiger partial charge on any atom is -0.550 e. The average Bonchev–Trinajstić information content (AvgIpc) is 2.65. The zero-order chi connectivity index (χ0) is 22.4. The van der Waals surface area contributed by atoms with Gasteiger partial charge >= 0.3 is 35.5 Å². The predicted octanol–water partition coefficient (Wildman–Crippen LogP) is 1.94. The first kappa shape index (κ1) is 28.5. The minimum atomic E-state index is -0.960. The van der Waals surface area contributed by atoms with Gasteiger partial charge in [0, 0.05) is 11.9 Å². The first-order valence-electron chi connectivity index (χ1n) is 11.9. The van der Waals surface area contributed by atoms with Crippen LogP contribution in [0.25, 0.3) is 0 Å². The van der Waals surface area contributed by atoms with Crippen molar-refractivity contribution in [2.45, 2.75) is 86.2 Å². The molecule has 0 fully saturated rings. The van der Waals surface area contributed by atoms with Crippen LogP contribution in [0.5, 0.6) is 0 Å². The summed E-state index contributed by atoms with van der Waals surface area (Å²) in [4.78, 5) is 23.4. The topological polar surface area (TPSA) is 66.4 Å². The van der Waals surface area contributed by atoms with Crippen LogP contribution in [-0.4, -0.2) is 18.0 Å². The van der Waals surface area contributed by atoms with Gasteiger partial charge < -0.3 is 14.6 Å². The molecule has 5 heteroatoms. The number of hydrogen-bond acceptors (Lipinski definition) is 4. The molecule has 8 unspecified atom stereocenters. The predicted molar refractivity (Wildman–Crippen MR) is 118 cm³/mol. The van der Waals surface area contributed by atoms with E-state index in [1.807, 2.05) is 20.8 Å². The normalized spacial score (nSPS) is 30.3. The first-order valence-corrected chi connectivity index (χ1v) is 11.9. The van der Waals surface area contributed by atoms with Crippen molar-refractivity contribution in [3.63, 3.8) is 0 Å². The van der Waals surface area contributed by atoms with Crippen molar-refractivity contribution in [1.29, 1.82) is 0 Å². The largest absolute Gasteiger partial charge is 1.00 e. The molecule has 0 aliphatic heterocycles. The molecule has 0 aromatic rings. The van der Waals surface area contributed by atoms with Crippen molar-refractivity contribution >= 4 is 11.9 Å². The molecular formula is C26H41NaO4. The molecule has 31 heavy (non-hydrogen) atoms. The van der Waals surface area contributed by atoms with Crippen LogP contribution < -0.4 is 34.7 Å². The van der Waals surface area contributed by atoms with Gasteiger partial charge in [-0.15, -0.1) is 0 Å². The molecule has 2 rings (SSSR count). The van der Waals surface area contributed by atoms with Crippen LogP contribution in [0.2, 0.25) is 0 Å². The van der Waals surface area contributed by atoms with Gasteiger partial charge in [0.25, 0.3) is 0 Å². The van der Waals surface area contributed by atoms with E-state index >= 15 is 0 Å². The number of rotatable bonds is 10. The van der Waals surface area contributed by atoms with Gasteiger partial charge in [0.2, 0.25) is 0 Å². The Morgan fingerprint density at radius 2 is 1.87 bits per heavy atom. The molecule has 0 radical (unpaired) electrons. The third-order valence-electron chi connectivity index (χ3n) is 7.19. The summed E-state index contributed by atoms with van der Waals surface area (Å²) in [5.41, 5.74) is 1.33. The molecule has 0 bridgehead atoms. The molecule has 0 amide bonds. The van der Waals surface area contributed by atoms with E-state index in [1.165, 1.54) is 5.57 Å². The maximum Gasteiger partial charge on any atom is 1.00 e. The van der Waals surface area contributed by atoms with Crippen molar-refractivity contribution in [2.24, 2.45) is 41.4 Å². The Bertz CT molecular complexity index is 656. The Kier molecular flexibility index (Phi) is 12.1. The van der Waals surface area contributed by atoms with Crippen LogP contribution in [0.3, 0.4) is 0 Å². The summed E-state index contributed by atoms with van der Waals surface area (Å²) < 4.78 is 6.09. The van der Waals surface area contributed by atoms with E-state index in [1.54, 1.807) is 0 Å².